The van der Waals surface area contributed by atoms with Crippen LogP contribution in [0.3, 0.4) is 0 Å². The molecule has 0 spiro atoms. The fraction of sp³-hybridized carbons (Fsp3) is 0.0667. The smallest absolute Gasteiger partial charge is 0.269 e. The number of methoxy groups -OCH3 is 1. The Kier molecular flexibility index (Phi) is 3.70. The van der Waals surface area contributed by atoms with Crippen LogP contribution in [0.4, 0.5) is 5.69 Å². The van der Waals surface area contributed by atoms with Crippen LogP contribution in [0.2, 0.25) is 0 Å². The van der Waals surface area contributed by atoms with Gasteiger partial charge in [-0.1, -0.05) is 12.1 Å². The fourth-order valence-electron chi connectivity index (χ4n) is 1.96. The van der Waals surface area contributed by atoms with Gasteiger partial charge in [0.1, 0.15) is 10.6 Å². The molecule has 0 saturated carbocycles. The largest absolute Gasteiger partial charge is 0.495 e. The lowest BCUT2D eigenvalue weighted by molar-refractivity contribution is 0.102. The highest BCUT2D eigenvalue weighted by Crippen LogP contribution is 2.26. The van der Waals surface area contributed by atoms with Gasteiger partial charge in [0.05, 0.1) is 12.8 Å². The zero-order chi connectivity index (χ0) is 14.7. The van der Waals surface area contributed by atoms with E-state index in [1.807, 2.05) is 35.7 Å². The first-order valence-corrected chi connectivity index (χ1v) is 7.18. The third kappa shape index (κ3) is 2.80. The normalized spacial score (nSPS) is 10.3. The Morgan fingerprint density at radius 3 is 2.71 bits per heavy atom. The van der Waals surface area contributed by atoms with Crippen molar-refractivity contribution in [2.45, 2.75) is 0 Å². The quantitative estimate of drug-likeness (QED) is 0.776. The summed E-state index contributed by atoms with van der Waals surface area (Å²) < 4.78 is 5.15. The van der Waals surface area contributed by atoms with E-state index in [-0.39, 0.29) is 5.91 Å². The molecule has 0 radical (unpaired) electrons. The summed E-state index contributed by atoms with van der Waals surface area (Å²) in [5, 5.41) is 11.5. The van der Waals surface area contributed by atoms with E-state index in [0.717, 1.165) is 16.9 Å². The number of hydrogen-bond donors (Lipinski definition) is 2. The number of carbonyl (C=O) groups excluding carboxylic acids is 1. The summed E-state index contributed by atoms with van der Waals surface area (Å²) in [4.78, 5) is 12.7. The van der Waals surface area contributed by atoms with Crippen LogP contribution in [-0.4, -0.2) is 23.2 Å². The maximum Gasteiger partial charge on any atom is 0.269 e. The van der Waals surface area contributed by atoms with Gasteiger partial charge in [-0.15, -0.1) is 11.3 Å². The Morgan fingerprint density at radius 1 is 1.24 bits per heavy atom. The standard InChI is InChI=1S/C15H13N3O2S/c1-20-13-7-9-21-14(13)15(19)17-11-4-2-10(3-5-11)12-6-8-16-18-12/h2-9H,1H3,(H,16,18)(H,17,19). The van der Waals surface area contributed by atoms with Gasteiger partial charge >= 0.3 is 0 Å². The molecule has 21 heavy (non-hydrogen) atoms. The molecule has 0 aliphatic rings. The molecule has 3 rings (SSSR count). The van der Waals surface area contributed by atoms with Crippen LogP contribution >= 0.6 is 11.3 Å². The summed E-state index contributed by atoms with van der Waals surface area (Å²) in [6, 6.07) is 11.2. The maximum absolute atomic E-state index is 12.2. The number of aromatic amines is 1. The number of thiophene rings is 1. The third-order valence-corrected chi connectivity index (χ3v) is 3.90. The van der Waals surface area contributed by atoms with Gasteiger partial charge in [-0.05, 0) is 35.2 Å². The number of nitrogens with one attached hydrogen (secondary N) is 2. The molecule has 0 fully saturated rings. The Labute approximate surface area is 125 Å². The number of anilines is 1. The molecule has 1 amide bonds. The van der Waals surface area contributed by atoms with E-state index in [0.29, 0.717) is 10.6 Å². The van der Waals surface area contributed by atoms with Crippen molar-refractivity contribution in [3.8, 4) is 17.0 Å². The molecular weight excluding hydrogens is 286 g/mol. The molecule has 5 nitrogen and oxygen atoms in total. The topological polar surface area (TPSA) is 67.0 Å². The average Bonchev–Trinajstić information content (AvgIpc) is 3.19. The molecule has 0 atom stereocenters. The number of nitrogens with zero attached hydrogens (tertiary/aromatic N) is 1. The molecule has 0 saturated heterocycles. The second-order valence-corrected chi connectivity index (χ2v) is 5.24. The van der Waals surface area contributed by atoms with E-state index in [4.69, 9.17) is 4.74 Å². The van der Waals surface area contributed by atoms with E-state index < -0.39 is 0 Å². The second-order valence-electron chi connectivity index (χ2n) is 4.32. The van der Waals surface area contributed by atoms with E-state index in [1.165, 1.54) is 11.3 Å². The van der Waals surface area contributed by atoms with Gasteiger partial charge in [-0.2, -0.15) is 5.10 Å². The minimum absolute atomic E-state index is 0.170. The van der Waals surface area contributed by atoms with Crippen LogP contribution in [0.1, 0.15) is 9.67 Å². The highest BCUT2D eigenvalue weighted by atomic mass is 32.1. The van der Waals surface area contributed by atoms with Crippen molar-refractivity contribution in [2.75, 3.05) is 12.4 Å². The summed E-state index contributed by atoms with van der Waals surface area (Å²) in [5.74, 6) is 0.419. The minimum atomic E-state index is -0.170. The zero-order valence-corrected chi connectivity index (χ0v) is 12.1. The molecule has 1 aromatic carbocycles. The number of rotatable bonds is 4. The van der Waals surface area contributed by atoms with Gasteiger partial charge in [-0.25, -0.2) is 0 Å². The van der Waals surface area contributed by atoms with E-state index in [2.05, 4.69) is 15.5 Å². The molecule has 2 aromatic heterocycles. The van der Waals surface area contributed by atoms with Crippen LogP contribution in [0, 0.1) is 0 Å². The lowest BCUT2D eigenvalue weighted by atomic mass is 10.1. The number of ether oxygens (including phenoxy) is 1. The molecule has 0 aliphatic carbocycles. The van der Waals surface area contributed by atoms with Crippen molar-refractivity contribution in [3.63, 3.8) is 0 Å². The SMILES string of the molecule is COc1ccsc1C(=O)Nc1ccc(-c2ccn[nH]2)cc1. The van der Waals surface area contributed by atoms with Crippen LogP contribution in [-0.2, 0) is 0 Å². The van der Waals surface area contributed by atoms with Crippen molar-refractivity contribution >= 4 is 22.9 Å². The van der Waals surface area contributed by atoms with Crippen molar-refractivity contribution in [3.05, 3.63) is 52.9 Å². The van der Waals surface area contributed by atoms with Gasteiger partial charge in [-0.3, -0.25) is 9.89 Å². The third-order valence-electron chi connectivity index (χ3n) is 3.01. The summed E-state index contributed by atoms with van der Waals surface area (Å²) in [6.45, 7) is 0. The second kappa shape index (κ2) is 5.80. The van der Waals surface area contributed by atoms with Crippen LogP contribution in [0.25, 0.3) is 11.3 Å². The molecule has 2 heterocycles. The number of amides is 1. The van der Waals surface area contributed by atoms with E-state index in [9.17, 15) is 4.79 Å². The summed E-state index contributed by atoms with van der Waals surface area (Å²) in [6.07, 6.45) is 1.70. The molecule has 6 heteroatoms. The van der Waals surface area contributed by atoms with Gasteiger partial charge < -0.3 is 10.1 Å². The number of carbonyl (C=O) groups is 1. The zero-order valence-electron chi connectivity index (χ0n) is 11.3. The van der Waals surface area contributed by atoms with Gasteiger partial charge in [0.2, 0.25) is 0 Å². The predicted octanol–water partition coefficient (Wildman–Crippen LogP) is 3.40. The molecule has 0 bridgehead atoms. The molecule has 0 unspecified atom stereocenters. The molecule has 0 aliphatic heterocycles. The number of H-pyrrole nitrogens is 1. The molecule has 2 N–H and O–H groups in total. The Morgan fingerprint density at radius 2 is 2.05 bits per heavy atom. The summed E-state index contributed by atoms with van der Waals surface area (Å²) in [5.41, 5.74) is 2.69. The van der Waals surface area contributed by atoms with Crippen molar-refractivity contribution in [1.29, 1.82) is 0 Å². The Hall–Kier alpha value is -2.60. The first-order valence-electron chi connectivity index (χ1n) is 6.30. The molecular formula is C15H13N3O2S. The average molecular weight is 299 g/mol. The highest BCUT2D eigenvalue weighted by molar-refractivity contribution is 7.12. The first kappa shape index (κ1) is 13.4. The summed E-state index contributed by atoms with van der Waals surface area (Å²) >= 11 is 1.35. The van der Waals surface area contributed by atoms with Gasteiger partial charge in [0.15, 0.2) is 0 Å². The summed E-state index contributed by atoms with van der Waals surface area (Å²) in [7, 11) is 1.55. The van der Waals surface area contributed by atoms with Crippen LogP contribution in [0.15, 0.2) is 48.0 Å². The molecule has 106 valence electrons. The fourth-order valence-corrected chi connectivity index (χ4v) is 2.71. The van der Waals surface area contributed by atoms with Gasteiger partial charge in [0, 0.05) is 11.9 Å². The Bertz CT molecular complexity index is 733. The number of hydrogen-bond acceptors (Lipinski definition) is 4. The lowest BCUT2D eigenvalue weighted by Gasteiger charge is -2.06. The predicted molar refractivity (Wildman–Crippen MR) is 82.8 cm³/mol. The Balaban J connectivity index is 1.75. The highest BCUT2D eigenvalue weighted by Gasteiger charge is 2.13. The minimum Gasteiger partial charge on any atom is -0.495 e. The van der Waals surface area contributed by atoms with Crippen molar-refractivity contribution in [2.24, 2.45) is 0 Å². The van der Waals surface area contributed by atoms with Gasteiger partial charge in [0.25, 0.3) is 5.91 Å². The number of aromatic nitrogens is 2. The van der Waals surface area contributed by atoms with E-state index >= 15 is 0 Å². The van der Waals surface area contributed by atoms with E-state index in [1.54, 1.807) is 19.4 Å². The number of benzene rings is 1. The maximum atomic E-state index is 12.2. The van der Waals surface area contributed by atoms with Crippen molar-refractivity contribution in [1.82, 2.24) is 10.2 Å². The first-order chi connectivity index (χ1) is 10.3. The molecule has 3 aromatic rings. The lowest BCUT2D eigenvalue weighted by Crippen LogP contribution is -2.11. The van der Waals surface area contributed by atoms with Crippen LogP contribution < -0.4 is 10.1 Å². The van der Waals surface area contributed by atoms with Crippen LogP contribution in [0.5, 0.6) is 5.75 Å². The van der Waals surface area contributed by atoms with Crippen molar-refractivity contribution < 1.29 is 9.53 Å². The monoisotopic (exact) mass is 299 g/mol.